The van der Waals surface area contributed by atoms with E-state index in [1.165, 1.54) is 35.7 Å². The molecule has 3 heteroatoms. The van der Waals surface area contributed by atoms with Crippen molar-refractivity contribution >= 4 is 22.5 Å². The van der Waals surface area contributed by atoms with E-state index in [4.69, 9.17) is 17.3 Å². The van der Waals surface area contributed by atoms with Crippen LogP contribution in [-0.4, -0.2) is 11.0 Å². The molecule has 2 nitrogen and oxygen atoms in total. The second-order valence-electron chi connectivity index (χ2n) is 5.47. The Morgan fingerprint density at radius 2 is 2.22 bits per heavy atom. The maximum absolute atomic E-state index is 6.16. The fourth-order valence-corrected chi connectivity index (χ4v) is 3.30. The average Bonchev–Trinajstić information content (AvgIpc) is 2.93. The molecule has 1 aliphatic carbocycles. The summed E-state index contributed by atoms with van der Waals surface area (Å²) in [5, 5.41) is 2.13. The number of hydrogen-bond donors (Lipinski definition) is 2. The second-order valence-corrected chi connectivity index (χ2v) is 5.88. The molecule has 3 rings (SSSR count). The molecule has 0 bridgehead atoms. The highest BCUT2D eigenvalue weighted by Crippen LogP contribution is 2.32. The van der Waals surface area contributed by atoms with Crippen molar-refractivity contribution in [2.24, 2.45) is 11.7 Å². The summed E-state index contributed by atoms with van der Waals surface area (Å²) >= 11 is 6.15. The lowest BCUT2D eigenvalue weighted by Gasteiger charge is -2.14. The van der Waals surface area contributed by atoms with Gasteiger partial charge in [0.2, 0.25) is 0 Å². The molecule has 2 aromatic rings. The van der Waals surface area contributed by atoms with E-state index in [0.29, 0.717) is 12.0 Å². The summed E-state index contributed by atoms with van der Waals surface area (Å²) in [4.78, 5) is 3.36. The zero-order chi connectivity index (χ0) is 12.7. The predicted octanol–water partition coefficient (Wildman–Crippen LogP) is 3.80. The highest BCUT2D eigenvalue weighted by molar-refractivity contribution is 6.32. The van der Waals surface area contributed by atoms with E-state index in [2.05, 4.69) is 24.2 Å². The Bertz CT molecular complexity index is 573. The fourth-order valence-electron chi connectivity index (χ4n) is 3.15. The van der Waals surface area contributed by atoms with Crippen LogP contribution in [0, 0.1) is 12.8 Å². The number of aromatic amines is 1. The molecule has 18 heavy (non-hydrogen) atoms. The number of benzene rings is 1. The van der Waals surface area contributed by atoms with Gasteiger partial charge in [-0.3, -0.25) is 0 Å². The third-order valence-corrected chi connectivity index (χ3v) is 4.75. The van der Waals surface area contributed by atoms with E-state index in [1.807, 2.05) is 6.07 Å². The molecule has 0 aliphatic heterocycles. The highest BCUT2D eigenvalue weighted by atomic mass is 35.5. The van der Waals surface area contributed by atoms with Gasteiger partial charge >= 0.3 is 0 Å². The third-order valence-electron chi connectivity index (χ3n) is 4.34. The van der Waals surface area contributed by atoms with Gasteiger partial charge in [0.25, 0.3) is 0 Å². The van der Waals surface area contributed by atoms with E-state index >= 15 is 0 Å². The van der Waals surface area contributed by atoms with E-state index in [0.717, 1.165) is 17.0 Å². The van der Waals surface area contributed by atoms with Crippen LogP contribution in [0.15, 0.2) is 18.3 Å². The SMILES string of the molecule is Cc1c(Cl)ccc2c(CC3CCCC3N)c[nH]c12. The first-order valence-electron chi connectivity index (χ1n) is 6.67. The molecule has 0 saturated heterocycles. The van der Waals surface area contributed by atoms with Crippen LogP contribution in [0.5, 0.6) is 0 Å². The lowest BCUT2D eigenvalue weighted by molar-refractivity contribution is 0.480. The molecule has 96 valence electrons. The monoisotopic (exact) mass is 262 g/mol. The Hall–Kier alpha value is -0.990. The number of nitrogens with one attached hydrogen (secondary N) is 1. The molecular weight excluding hydrogens is 244 g/mol. The Morgan fingerprint density at radius 3 is 2.94 bits per heavy atom. The highest BCUT2D eigenvalue weighted by Gasteiger charge is 2.24. The molecule has 1 heterocycles. The van der Waals surface area contributed by atoms with Crippen LogP contribution in [0.2, 0.25) is 5.02 Å². The molecule has 2 atom stereocenters. The van der Waals surface area contributed by atoms with Crippen molar-refractivity contribution in [3.63, 3.8) is 0 Å². The fraction of sp³-hybridized carbons (Fsp3) is 0.467. The molecule has 1 saturated carbocycles. The molecule has 1 aromatic carbocycles. The van der Waals surface area contributed by atoms with Crippen molar-refractivity contribution in [3.05, 3.63) is 34.5 Å². The van der Waals surface area contributed by atoms with Crippen molar-refractivity contribution in [2.75, 3.05) is 0 Å². The average molecular weight is 263 g/mol. The van der Waals surface area contributed by atoms with E-state index in [9.17, 15) is 0 Å². The molecule has 1 aromatic heterocycles. The van der Waals surface area contributed by atoms with Crippen molar-refractivity contribution in [1.82, 2.24) is 4.98 Å². The number of aromatic nitrogens is 1. The predicted molar refractivity (Wildman–Crippen MR) is 77.1 cm³/mol. The number of H-pyrrole nitrogens is 1. The van der Waals surface area contributed by atoms with Gasteiger partial charge in [-0.15, -0.1) is 0 Å². The van der Waals surface area contributed by atoms with Gasteiger partial charge in [0, 0.05) is 22.6 Å². The Labute approximate surface area is 113 Å². The minimum atomic E-state index is 0.378. The van der Waals surface area contributed by atoms with E-state index in [-0.39, 0.29) is 0 Å². The largest absolute Gasteiger partial charge is 0.361 e. The van der Waals surface area contributed by atoms with Crippen LogP contribution < -0.4 is 5.73 Å². The molecule has 0 radical (unpaired) electrons. The van der Waals surface area contributed by atoms with E-state index in [1.54, 1.807) is 0 Å². The molecular formula is C15H19ClN2. The summed E-state index contributed by atoms with van der Waals surface area (Å²) in [6.07, 6.45) is 6.93. The third kappa shape index (κ3) is 1.94. The zero-order valence-electron chi connectivity index (χ0n) is 10.7. The van der Waals surface area contributed by atoms with Crippen LogP contribution >= 0.6 is 11.6 Å². The quantitative estimate of drug-likeness (QED) is 0.849. The Morgan fingerprint density at radius 1 is 1.39 bits per heavy atom. The van der Waals surface area contributed by atoms with Gasteiger partial charge in [0.15, 0.2) is 0 Å². The molecule has 1 aliphatic rings. The number of fused-ring (bicyclic) bond motifs is 1. The summed E-state index contributed by atoms with van der Waals surface area (Å²) in [6.45, 7) is 2.06. The van der Waals surface area contributed by atoms with Gasteiger partial charge in [0.05, 0.1) is 5.52 Å². The van der Waals surface area contributed by atoms with Gasteiger partial charge < -0.3 is 10.7 Å². The summed E-state index contributed by atoms with van der Waals surface area (Å²) in [5.74, 6) is 0.639. The normalized spacial score (nSPS) is 23.9. The molecule has 0 amide bonds. The van der Waals surface area contributed by atoms with Gasteiger partial charge in [-0.1, -0.05) is 24.1 Å². The molecule has 2 unspecified atom stereocenters. The first kappa shape index (κ1) is 12.1. The molecule has 3 N–H and O–H groups in total. The number of halogens is 1. The Balaban J connectivity index is 1.96. The first-order chi connectivity index (χ1) is 8.66. The summed E-state index contributed by atoms with van der Waals surface area (Å²) in [5.41, 5.74) is 9.85. The van der Waals surface area contributed by atoms with Crippen LogP contribution in [0.4, 0.5) is 0 Å². The lowest BCUT2D eigenvalue weighted by Crippen LogP contribution is -2.25. The smallest absolute Gasteiger partial charge is 0.0501 e. The van der Waals surface area contributed by atoms with Gasteiger partial charge in [0.1, 0.15) is 0 Å². The van der Waals surface area contributed by atoms with Crippen LogP contribution in [0.3, 0.4) is 0 Å². The van der Waals surface area contributed by atoms with Crippen molar-refractivity contribution in [1.29, 1.82) is 0 Å². The maximum Gasteiger partial charge on any atom is 0.0501 e. The number of rotatable bonds is 2. The topological polar surface area (TPSA) is 41.8 Å². The second kappa shape index (κ2) is 4.60. The van der Waals surface area contributed by atoms with E-state index < -0.39 is 0 Å². The Kier molecular flexibility index (Phi) is 3.08. The first-order valence-corrected chi connectivity index (χ1v) is 7.05. The summed E-state index contributed by atoms with van der Waals surface area (Å²) in [6, 6.07) is 4.49. The van der Waals surface area contributed by atoms with Crippen LogP contribution in [-0.2, 0) is 6.42 Å². The summed E-state index contributed by atoms with van der Waals surface area (Å²) < 4.78 is 0. The minimum absolute atomic E-state index is 0.378. The number of nitrogens with two attached hydrogens (primary N) is 1. The van der Waals surface area contributed by atoms with Crippen molar-refractivity contribution in [3.8, 4) is 0 Å². The molecule has 0 spiro atoms. The summed E-state index contributed by atoms with van der Waals surface area (Å²) in [7, 11) is 0. The standard InChI is InChI=1S/C15H19ClN2/c1-9-13(16)6-5-12-11(8-18-15(9)12)7-10-3-2-4-14(10)17/h5-6,8,10,14,18H,2-4,7,17H2,1H3. The molecule has 1 fully saturated rings. The van der Waals surface area contributed by atoms with Gasteiger partial charge in [-0.2, -0.15) is 0 Å². The minimum Gasteiger partial charge on any atom is -0.361 e. The van der Waals surface area contributed by atoms with Crippen LogP contribution in [0.1, 0.15) is 30.4 Å². The van der Waals surface area contributed by atoms with Crippen molar-refractivity contribution in [2.45, 2.75) is 38.6 Å². The number of aryl methyl sites for hydroxylation is 1. The van der Waals surface area contributed by atoms with Gasteiger partial charge in [-0.25, -0.2) is 0 Å². The number of hydrogen-bond acceptors (Lipinski definition) is 1. The lowest BCUT2D eigenvalue weighted by atomic mass is 9.94. The van der Waals surface area contributed by atoms with Crippen LogP contribution in [0.25, 0.3) is 10.9 Å². The maximum atomic E-state index is 6.16. The van der Waals surface area contributed by atoms with Gasteiger partial charge in [-0.05, 0) is 49.3 Å². The van der Waals surface area contributed by atoms with Crippen molar-refractivity contribution < 1.29 is 0 Å². The zero-order valence-corrected chi connectivity index (χ0v) is 11.4.